The van der Waals surface area contributed by atoms with Crippen molar-refractivity contribution in [1.82, 2.24) is 5.32 Å². The van der Waals surface area contributed by atoms with Crippen LogP contribution in [0.1, 0.15) is 22.7 Å². The molecular weight excluding hydrogens is 332 g/mol. The van der Waals surface area contributed by atoms with Crippen LogP contribution in [0.5, 0.6) is 11.5 Å². The number of alkyl carbamates (subject to hydrolysis) is 1. The van der Waals surface area contributed by atoms with Gasteiger partial charge in [0.25, 0.3) is 0 Å². The number of hydrogen-bond donors (Lipinski definition) is 2. The standard InChI is InChI=1S/C20H24N2O4/c1-24-18-10-15-8-9-21-17(16(15)11-19(18)25-2)12-22-20(23)26-13-14-6-4-3-5-7-14/h3-7,10-11,17,21H,8-9,12-13H2,1-2H3,(H,22,23)/p+1/t17-/m0/s1. The fraction of sp³-hybridized carbons (Fsp3) is 0.350. The van der Waals surface area contributed by atoms with Gasteiger partial charge in [-0.15, -0.1) is 0 Å². The van der Waals surface area contributed by atoms with Crippen molar-refractivity contribution in [3.8, 4) is 11.5 Å². The van der Waals surface area contributed by atoms with Crippen LogP contribution in [0.15, 0.2) is 42.5 Å². The lowest BCUT2D eigenvalue weighted by molar-refractivity contribution is -0.697. The number of amides is 1. The van der Waals surface area contributed by atoms with Crippen molar-refractivity contribution in [3.63, 3.8) is 0 Å². The molecule has 3 N–H and O–H groups in total. The molecule has 138 valence electrons. The third-order valence-electron chi connectivity index (χ3n) is 4.59. The smallest absolute Gasteiger partial charge is 0.407 e. The molecule has 3 rings (SSSR count). The van der Waals surface area contributed by atoms with Crippen LogP contribution < -0.4 is 20.1 Å². The molecule has 6 heteroatoms. The molecule has 0 bridgehead atoms. The van der Waals surface area contributed by atoms with Crippen LogP contribution >= 0.6 is 0 Å². The normalized spacial score (nSPS) is 15.7. The molecule has 0 saturated carbocycles. The van der Waals surface area contributed by atoms with E-state index in [1.807, 2.05) is 42.5 Å². The highest BCUT2D eigenvalue weighted by atomic mass is 16.5. The van der Waals surface area contributed by atoms with Gasteiger partial charge in [0.05, 0.1) is 27.3 Å². The third-order valence-corrected chi connectivity index (χ3v) is 4.59. The molecule has 2 aromatic carbocycles. The van der Waals surface area contributed by atoms with Crippen molar-refractivity contribution in [2.45, 2.75) is 19.1 Å². The van der Waals surface area contributed by atoms with Crippen molar-refractivity contribution in [2.75, 3.05) is 27.3 Å². The number of nitrogens with two attached hydrogens (primary N) is 1. The Morgan fingerprint density at radius 3 is 2.62 bits per heavy atom. The van der Waals surface area contributed by atoms with E-state index in [2.05, 4.69) is 10.6 Å². The van der Waals surface area contributed by atoms with Gasteiger partial charge >= 0.3 is 6.09 Å². The zero-order valence-corrected chi connectivity index (χ0v) is 15.2. The van der Waals surface area contributed by atoms with E-state index in [9.17, 15) is 4.79 Å². The molecular formula is C20H25N2O4+. The number of quaternary nitrogens is 1. The topological polar surface area (TPSA) is 73.4 Å². The number of carbonyl (C=O) groups is 1. The predicted octanol–water partition coefficient (Wildman–Crippen LogP) is 1.79. The summed E-state index contributed by atoms with van der Waals surface area (Å²) >= 11 is 0. The van der Waals surface area contributed by atoms with E-state index in [1.54, 1.807) is 14.2 Å². The molecule has 1 aliphatic rings. The molecule has 2 aromatic rings. The summed E-state index contributed by atoms with van der Waals surface area (Å²) in [4.78, 5) is 12.0. The number of nitrogens with one attached hydrogen (secondary N) is 1. The predicted molar refractivity (Wildman–Crippen MR) is 97.4 cm³/mol. The van der Waals surface area contributed by atoms with E-state index in [4.69, 9.17) is 14.2 Å². The van der Waals surface area contributed by atoms with Gasteiger partial charge in [-0.1, -0.05) is 30.3 Å². The average molecular weight is 357 g/mol. The maximum atomic E-state index is 12.0. The molecule has 1 amide bonds. The highest BCUT2D eigenvalue weighted by Crippen LogP contribution is 2.33. The Hall–Kier alpha value is -2.73. The minimum atomic E-state index is -0.408. The van der Waals surface area contributed by atoms with Crippen LogP contribution in [0.2, 0.25) is 0 Å². The van der Waals surface area contributed by atoms with Crippen LogP contribution in [0.4, 0.5) is 4.79 Å². The minimum absolute atomic E-state index is 0.128. The second-order valence-electron chi connectivity index (χ2n) is 6.23. The first-order valence-corrected chi connectivity index (χ1v) is 8.74. The summed E-state index contributed by atoms with van der Waals surface area (Å²) in [6, 6.07) is 13.8. The molecule has 0 radical (unpaired) electrons. The monoisotopic (exact) mass is 357 g/mol. The van der Waals surface area contributed by atoms with Crippen molar-refractivity contribution in [2.24, 2.45) is 0 Å². The fourth-order valence-electron chi connectivity index (χ4n) is 3.23. The SMILES string of the molecule is COc1cc2c(cc1OC)[C@H](CNC(=O)OCc1ccccc1)[NH2+]CC2. The van der Waals surface area contributed by atoms with Gasteiger partial charge in [-0.3, -0.25) is 0 Å². The lowest BCUT2D eigenvalue weighted by atomic mass is 9.93. The van der Waals surface area contributed by atoms with Crippen molar-refractivity contribution in [3.05, 3.63) is 59.2 Å². The van der Waals surface area contributed by atoms with E-state index < -0.39 is 6.09 Å². The van der Waals surface area contributed by atoms with Crippen LogP contribution in [-0.4, -0.2) is 33.4 Å². The quantitative estimate of drug-likeness (QED) is 0.827. The van der Waals surface area contributed by atoms with E-state index >= 15 is 0 Å². The summed E-state index contributed by atoms with van der Waals surface area (Å²) in [6.45, 7) is 1.73. The van der Waals surface area contributed by atoms with Gasteiger partial charge in [-0.25, -0.2) is 4.79 Å². The number of hydrogen-bond acceptors (Lipinski definition) is 4. The Labute approximate surface area is 153 Å². The summed E-state index contributed by atoms with van der Waals surface area (Å²) < 4.78 is 16.1. The van der Waals surface area contributed by atoms with Crippen LogP contribution in [0.3, 0.4) is 0 Å². The van der Waals surface area contributed by atoms with Crippen LogP contribution in [0.25, 0.3) is 0 Å². The van der Waals surface area contributed by atoms with Gasteiger partial charge in [0.1, 0.15) is 12.6 Å². The Bertz CT molecular complexity index is 749. The molecule has 0 unspecified atom stereocenters. The summed E-state index contributed by atoms with van der Waals surface area (Å²) in [6.07, 6.45) is 0.555. The second kappa shape index (κ2) is 8.58. The second-order valence-corrected chi connectivity index (χ2v) is 6.23. The van der Waals surface area contributed by atoms with Gasteiger partial charge in [0.2, 0.25) is 0 Å². The molecule has 6 nitrogen and oxygen atoms in total. The lowest BCUT2D eigenvalue weighted by Crippen LogP contribution is -2.88. The van der Waals surface area contributed by atoms with Crippen molar-refractivity contribution in [1.29, 1.82) is 0 Å². The Kier molecular flexibility index (Phi) is 5.96. The highest BCUT2D eigenvalue weighted by Gasteiger charge is 2.26. The number of benzene rings is 2. The zero-order chi connectivity index (χ0) is 18.4. The first kappa shape index (κ1) is 18.1. The molecule has 0 spiro atoms. The maximum Gasteiger partial charge on any atom is 0.407 e. The first-order chi connectivity index (χ1) is 12.7. The van der Waals surface area contributed by atoms with E-state index in [0.29, 0.717) is 12.3 Å². The Balaban J connectivity index is 1.60. The van der Waals surface area contributed by atoms with Gasteiger partial charge in [-0.05, 0) is 23.3 Å². The molecule has 0 aromatic heterocycles. The number of carbonyl (C=O) groups excluding carboxylic acids is 1. The van der Waals surface area contributed by atoms with Crippen molar-refractivity contribution < 1.29 is 24.3 Å². The summed E-state index contributed by atoms with van der Waals surface area (Å²) in [5.41, 5.74) is 3.36. The van der Waals surface area contributed by atoms with Gasteiger partial charge in [0.15, 0.2) is 11.5 Å². The molecule has 0 fully saturated rings. The number of ether oxygens (including phenoxy) is 3. The maximum absolute atomic E-state index is 12.0. The number of methoxy groups -OCH3 is 2. The summed E-state index contributed by atoms with van der Waals surface area (Å²) in [5, 5.41) is 5.09. The average Bonchev–Trinajstić information content (AvgIpc) is 2.70. The largest absolute Gasteiger partial charge is 0.493 e. The van der Waals surface area contributed by atoms with E-state index in [-0.39, 0.29) is 12.6 Å². The molecule has 1 atom stereocenters. The fourth-order valence-corrected chi connectivity index (χ4v) is 3.23. The van der Waals surface area contributed by atoms with Gasteiger partial charge in [-0.2, -0.15) is 0 Å². The number of rotatable bonds is 6. The Morgan fingerprint density at radius 2 is 1.88 bits per heavy atom. The van der Waals surface area contributed by atoms with Crippen LogP contribution in [-0.2, 0) is 17.8 Å². The van der Waals surface area contributed by atoms with E-state index in [1.165, 1.54) is 5.56 Å². The molecule has 0 aliphatic carbocycles. The number of fused-ring (bicyclic) bond motifs is 1. The molecule has 0 saturated heterocycles. The molecule has 1 heterocycles. The van der Waals surface area contributed by atoms with Gasteiger partial charge in [0, 0.05) is 12.0 Å². The minimum Gasteiger partial charge on any atom is -0.493 e. The first-order valence-electron chi connectivity index (χ1n) is 8.74. The molecule has 26 heavy (non-hydrogen) atoms. The highest BCUT2D eigenvalue weighted by molar-refractivity contribution is 5.67. The molecule has 1 aliphatic heterocycles. The summed E-state index contributed by atoms with van der Waals surface area (Å²) in [7, 11) is 3.27. The van der Waals surface area contributed by atoms with E-state index in [0.717, 1.165) is 29.8 Å². The lowest BCUT2D eigenvalue weighted by Gasteiger charge is -2.25. The van der Waals surface area contributed by atoms with Gasteiger partial charge < -0.3 is 24.8 Å². The van der Waals surface area contributed by atoms with Crippen molar-refractivity contribution >= 4 is 6.09 Å². The van der Waals surface area contributed by atoms with Crippen LogP contribution in [0, 0.1) is 0 Å². The third kappa shape index (κ3) is 4.26. The Morgan fingerprint density at radius 1 is 1.15 bits per heavy atom. The zero-order valence-electron chi connectivity index (χ0n) is 15.2. The summed E-state index contributed by atoms with van der Waals surface area (Å²) in [5.74, 6) is 1.44.